The zero-order valence-electron chi connectivity index (χ0n) is 6.59. The Kier molecular flexibility index (Phi) is 7.15. The number of piperazine rings is 1. The number of hydrogen-bond acceptors (Lipinski definition) is 4. The molecule has 3 nitrogen and oxygen atoms in total. The van der Waals surface area contributed by atoms with E-state index >= 15 is 0 Å². The maximum absolute atomic E-state index is 4.72. The van der Waals surface area contributed by atoms with E-state index in [9.17, 15) is 0 Å². The van der Waals surface area contributed by atoms with Crippen LogP contribution in [0.4, 0.5) is 0 Å². The third-order valence-corrected chi connectivity index (χ3v) is 1.55. The van der Waals surface area contributed by atoms with E-state index in [1.807, 2.05) is 5.01 Å². The van der Waals surface area contributed by atoms with E-state index in [1.54, 1.807) is 0 Å². The minimum atomic E-state index is 0. The second-order valence-electron chi connectivity index (χ2n) is 2.14. The Bertz CT molecular complexity index is 127. The van der Waals surface area contributed by atoms with E-state index in [1.165, 1.54) is 0 Å². The summed E-state index contributed by atoms with van der Waals surface area (Å²) in [4.78, 5) is 0. The summed E-state index contributed by atoms with van der Waals surface area (Å²) < 4.78 is 0.432. The van der Waals surface area contributed by atoms with Gasteiger partial charge < -0.3 is 35.6 Å². The van der Waals surface area contributed by atoms with Gasteiger partial charge >= 0.3 is 29.6 Å². The maximum atomic E-state index is 4.72. The molecular weight excluding hydrogens is 189 g/mol. The Morgan fingerprint density at radius 1 is 1.45 bits per heavy atom. The van der Waals surface area contributed by atoms with Crippen molar-refractivity contribution in [3.8, 4) is 0 Å². The number of nitrogens with zero attached hydrogens (tertiary/aromatic N) is 1. The summed E-state index contributed by atoms with van der Waals surface area (Å²) in [5, 5.41) is 5.26. The normalized spacial score (nSPS) is 18.5. The molecule has 0 aliphatic carbocycles. The van der Waals surface area contributed by atoms with E-state index in [2.05, 4.69) is 10.7 Å². The number of thiocarbonyl (C=S) groups is 1. The van der Waals surface area contributed by atoms with E-state index in [-0.39, 0.29) is 29.6 Å². The predicted octanol–water partition coefficient (Wildman–Crippen LogP) is -3.77. The van der Waals surface area contributed by atoms with Crippen molar-refractivity contribution in [3.05, 3.63) is 0 Å². The Labute approximate surface area is 100.0 Å². The number of nitrogens with one attached hydrogen (secondary N) is 2. The molecule has 0 unspecified atom stereocenters. The smallest absolute Gasteiger partial charge is 0.410 e. The topological polar surface area (TPSA) is 27.3 Å². The molecule has 0 bridgehead atoms. The SMILES string of the molecule is S=C([S-])NN1CCNCC1.[Na+]. The quantitative estimate of drug-likeness (QED) is 0.257. The summed E-state index contributed by atoms with van der Waals surface area (Å²) in [5.74, 6) is 0. The first-order valence-electron chi connectivity index (χ1n) is 3.22. The molecule has 0 spiro atoms. The van der Waals surface area contributed by atoms with Crippen molar-refractivity contribution in [1.82, 2.24) is 15.8 Å². The van der Waals surface area contributed by atoms with Crippen molar-refractivity contribution in [2.24, 2.45) is 0 Å². The van der Waals surface area contributed by atoms with Gasteiger partial charge in [0.1, 0.15) is 0 Å². The third-order valence-electron chi connectivity index (χ3n) is 1.37. The third kappa shape index (κ3) is 5.30. The summed E-state index contributed by atoms with van der Waals surface area (Å²) in [7, 11) is 0. The van der Waals surface area contributed by atoms with Gasteiger partial charge in [-0.25, -0.2) is 5.01 Å². The Hall–Kier alpha value is 1.03. The largest absolute Gasteiger partial charge is 1.00 e. The van der Waals surface area contributed by atoms with E-state index in [0.717, 1.165) is 26.2 Å². The average molecular weight is 199 g/mol. The van der Waals surface area contributed by atoms with Gasteiger partial charge in [0.15, 0.2) is 0 Å². The fraction of sp³-hybridized carbons (Fsp3) is 0.800. The van der Waals surface area contributed by atoms with Gasteiger partial charge in [-0.05, 0) is 4.32 Å². The van der Waals surface area contributed by atoms with Gasteiger partial charge in [-0.1, -0.05) is 0 Å². The predicted molar refractivity (Wildman–Crippen MR) is 47.5 cm³/mol. The van der Waals surface area contributed by atoms with Crippen LogP contribution in [-0.4, -0.2) is 35.5 Å². The van der Waals surface area contributed by atoms with Crippen LogP contribution in [0.5, 0.6) is 0 Å². The van der Waals surface area contributed by atoms with Crippen molar-refractivity contribution in [3.63, 3.8) is 0 Å². The first kappa shape index (κ1) is 12.0. The van der Waals surface area contributed by atoms with Crippen molar-refractivity contribution < 1.29 is 29.6 Å². The monoisotopic (exact) mass is 199 g/mol. The Morgan fingerprint density at radius 2 is 2.00 bits per heavy atom. The van der Waals surface area contributed by atoms with Crippen molar-refractivity contribution in [2.45, 2.75) is 0 Å². The minimum Gasteiger partial charge on any atom is -0.410 e. The van der Waals surface area contributed by atoms with Crippen molar-refractivity contribution >= 4 is 29.2 Å². The fourth-order valence-electron chi connectivity index (χ4n) is 0.906. The summed E-state index contributed by atoms with van der Waals surface area (Å²) in [6, 6.07) is 0. The fourth-order valence-corrected chi connectivity index (χ4v) is 1.16. The molecule has 11 heavy (non-hydrogen) atoms. The molecule has 0 saturated carbocycles. The summed E-state index contributed by atoms with van der Waals surface area (Å²) >= 11 is 9.44. The van der Waals surface area contributed by atoms with Crippen LogP contribution < -0.4 is 40.3 Å². The van der Waals surface area contributed by atoms with Gasteiger partial charge in [-0.3, -0.25) is 0 Å². The molecule has 6 heteroatoms. The van der Waals surface area contributed by atoms with Crippen LogP contribution in [0.15, 0.2) is 0 Å². The van der Waals surface area contributed by atoms with Crippen LogP contribution in [0.2, 0.25) is 0 Å². The molecule has 0 aromatic carbocycles. The molecular formula is C5H10N3NaS2. The molecule has 0 atom stereocenters. The molecule has 1 aliphatic rings. The number of hydrogen-bond donors (Lipinski definition) is 2. The van der Waals surface area contributed by atoms with Crippen LogP contribution in [0.25, 0.3) is 0 Å². The van der Waals surface area contributed by atoms with Gasteiger partial charge in [0, 0.05) is 26.2 Å². The molecule has 58 valence electrons. The molecule has 0 aromatic rings. The first-order chi connectivity index (χ1) is 4.79. The van der Waals surface area contributed by atoms with Crippen LogP contribution in [0, 0.1) is 0 Å². The Balaban J connectivity index is 0.000001000. The molecule has 1 rings (SSSR count). The first-order valence-corrected chi connectivity index (χ1v) is 4.04. The number of hydrazine groups is 1. The summed E-state index contributed by atoms with van der Waals surface area (Å²) in [6.07, 6.45) is 0. The van der Waals surface area contributed by atoms with E-state index in [0.29, 0.717) is 4.32 Å². The van der Waals surface area contributed by atoms with Crippen molar-refractivity contribution in [1.29, 1.82) is 0 Å². The van der Waals surface area contributed by atoms with Crippen LogP contribution in [-0.2, 0) is 12.6 Å². The Morgan fingerprint density at radius 3 is 2.45 bits per heavy atom. The van der Waals surface area contributed by atoms with Crippen molar-refractivity contribution in [2.75, 3.05) is 26.2 Å². The summed E-state index contributed by atoms with van der Waals surface area (Å²) in [6.45, 7) is 3.95. The van der Waals surface area contributed by atoms with Gasteiger partial charge in [-0.15, -0.1) is 0 Å². The second-order valence-corrected chi connectivity index (χ2v) is 3.21. The summed E-state index contributed by atoms with van der Waals surface area (Å²) in [5.41, 5.74) is 2.92. The molecule has 1 fully saturated rings. The van der Waals surface area contributed by atoms with Crippen LogP contribution in [0.3, 0.4) is 0 Å². The van der Waals surface area contributed by atoms with Crippen LogP contribution >= 0.6 is 12.2 Å². The molecule has 0 aromatic heterocycles. The standard InChI is InChI=1S/C5H11N3S2.Na/c9-5(10)7-8-3-1-6-2-4-8;/h6H,1-4H2,(H2,7,9,10);/q;+1/p-1. The van der Waals surface area contributed by atoms with E-state index < -0.39 is 0 Å². The number of rotatable bonds is 1. The molecule has 0 radical (unpaired) electrons. The van der Waals surface area contributed by atoms with E-state index in [4.69, 9.17) is 24.8 Å². The molecule has 0 amide bonds. The van der Waals surface area contributed by atoms with Gasteiger partial charge in [-0.2, -0.15) is 0 Å². The molecule has 2 N–H and O–H groups in total. The maximum Gasteiger partial charge on any atom is 1.00 e. The second kappa shape index (κ2) is 6.54. The minimum absolute atomic E-state index is 0. The molecule has 1 heterocycles. The zero-order valence-corrected chi connectivity index (χ0v) is 10.2. The molecule has 1 aliphatic heterocycles. The zero-order chi connectivity index (χ0) is 7.40. The van der Waals surface area contributed by atoms with Gasteiger partial charge in [0.05, 0.1) is 0 Å². The van der Waals surface area contributed by atoms with Crippen LogP contribution in [0.1, 0.15) is 0 Å². The van der Waals surface area contributed by atoms with Gasteiger partial charge in [0.2, 0.25) is 0 Å². The average Bonchev–Trinajstić information content (AvgIpc) is 1.88. The van der Waals surface area contributed by atoms with Gasteiger partial charge in [0.25, 0.3) is 0 Å². The molecule has 1 saturated heterocycles.